The first-order valence-corrected chi connectivity index (χ1v) is 10.5. The molecule has 0 spiro atoms. The number of hydrogen-bond acceptors (Lipinski definition) is 6. The van der Waals surface area contributed by atoms with Crippen molar-refractivity contribution in [3.63, 3.8) is 0 Å². The smallest absolute Gasteiger partial charge is 0.315 e. The SMILES string of the molecule is Cn1nnc(-c2cccc(NC(=O)CCCC[C@@H]3SC[C@@H]4NC(=O)N[C@@H]43)c2)n1. The van der Waals surface area contributed by atoms with Crippen LogP contribution in [-0.4, -0.2) is 55.2 Å². The van der Waals surface area contributed by atoms with Gasteiger partial charge in [-0.15, -0.1) is 10.2 Å². The number of nitrogens with one attached hydrogen (secondary N) is 3. The summed E-state index contributed by atoms with van der Waals surface area (Å²) in [5.74, 6) is 1.49. The number of aromatic nitrogens is 4. The summed E-state index contributed by atoms with van der Waals surface area (Å²) in [6.07, 6.45) is 3.28. The minimum absolute atomic E-state index is 0.00274. The number of benzene rings is 1. The van der Waals surface area contributed by atoms with Crippen LogP contribution in [-0.2, 0) is 11.8 Å². The molecule has 2 aliphatic rings. The molecule has 2 saturated heterocycles. The molecule has 0 saturated carbocycles. The highest BCUT2D eigenvalue weighted by molar-refractivity contribution is 8.00. The summed E-state index contributed by atoms with van der Waals surface area (Å²) in [4.78, 5) is 25.1. The Morgan fingerprint density at radius 2 is 2.25 bits per heavy atom. The summed E-state index contributed by atoms with van der Waals surface area (Å²) in [6, 6.07) is 7.86. The Bertz CT molecular complexity index is 871. The van der Waals surface area contributed by atoms with Crippen molar-refractivity contribution in [1.29, 1.82) is 0 Å². The molecule has 1 aromatic carbocycles. The van der Waals surface area contributed by atoms with Crippen molar-refractivity contribution in [2.75, 3.05) is 11.1 Å². The summed E-state index contributed by atoms with van der Waals surface area (Å²) in [6.45, 7) is 0. The average Bonchev–Trinajstić information content (AvgIpc) is 3.35. The number of carbonyl (C=O) groups excluding carboxylic acids is 2. The summed E-state index contributed by atoms with van der Waals surface area (Å²) in [5, 5.41) is 21.3. The first-order valence-electron chi connectivity index (χ1n) is 9.41. The molecule has 0 bridgehead atoms. The highest BCUT2D eigenvalue weighted by Crippen LogP contribution is 2.33. The third-order valence-electron chi connectivity index (χ3n) is 4.99. The number of rotatable bonds is 7. The molecular weight excluding hydrogens is 378 g/mol. The van der Waals surface area contributed by atoms with Gasteiger partial charge in [0.15, 0.2) is 0 Å². The van der Waals surface area contributed by atoms with Crippen LogP contribution in [0.2, 0.25) is 0 Å². The maximum absolute atomic E-state index is 12.3. The third-order valence-corrected chi connectivity index (χ3v) is 6.50. The molecule has 1 aromatic heterocycles. The van der Waals surface area contributed by atoms with Crippen LogP contribution in [0.5, 0.6) is 0 Å². The van der Waals surface area contributed by atoms with Crippen molar-refractivity contribution < 1.29 is 9.59 Å². The van der Waals surface area contributed by atoms with E-state index in [0.29, 0.717) is 17.5 Å². The quantitative estimate of drug-likeness (QED) is 0.479. The van der Waals surface area contributed by atoms with Gasteiger partial charge >= 0.3 is 6.03 Å². The van der Waals surface area contributed by atoms with Crippen molar-refractivity contribution in [3.05, 3.63) is 24.3 Å². The van der Waals surface area contributed by atoms with Gasteiger partial charge < -0.3 is 16.0 Å². The van der Waals surface area contributed by atoms with E-state index in [1.54, 1.807) is 7.05 Å². The molecule has 2 aromatic rings. The first kappa shape index (κ1) is 18.7. The maximum Gasteiger partial charge on any atom is 0.315 e. The van der Waals surface area contributed by atoms with Crippen LogP contribution in [0, 0.1) is 0 Å². The van der Waals surface area contributed by atoms with Gasteiger partial charge in [0.2, 0.25) is 11.7 Å². The van der Waals surface area contributed by atoms with Crippen molar-refractivity contribution in [3.8, 4) is 11.4 Å². The third kappa shape index (κ3) is 4.27. The molecule has 2 fully saturated rings. The van der Waals surface area contributed by atoms with E-state index in [1.165, 1.54) is 4.80 Å². The average molecular weight is 401 g/mol. The second kappa shape index (κ2) is 8.17. The Morgan fingerprint density at radius 1 is 1.36 bits per heavy atom. The van der Waals surface area contributed by atoms with Gasteiger partial charge in [-0.25, -0.2) is 4.79 Å². The Hall–Kier alpha value is -2.62. The predicted molar refractivity (Wildman–Crippen MR) is 107 cm³/mol. The van der Waals surface area contributed by atoms with E-state index < -0.39 is 0 Å². The lowest BCUT2D eigenvalue weighted by Gasteiger charge is -2.16. The monoisotopic (exact) mass is 401 g/mol. The van der Waals surface area contributed by atoms with Crippen LogP contribution >= 0.6 is 11.8 Å². The Balaban J connectivity index is 1.21. The van der Waals surface area contributed by atoms with E-state index in [-0.39, 0.29) is 24.0 Å². The van der Waals surface area contributed by atoms with Gasteiger partial charge in [0, 0.05) is 28.7 Å². The molecule has 28 heavy (non-hydrogen) atoms. The number of hydrogen-bond donors (Lipinski definition) is 3. The van der Waals surface area contributed by atoms with Crippen molar-refractivity contribution >= 4 is 29.4 Å². The molecule has 0 radical (unpaired) electrons. The number of urea groups is 1. The number of carbonyl (C=O) groups is 2. The van der Waals surface area contributed by atoms with Gasteiger partial charge in [0.1, 0.15) is 0 Å². The van der Waals surface area contributed by atoms with E-state index in [2.05, 4.69) is 31.4 Å². The summed E-state index contributed by atoms with van der Waals surface area (Å²) in [7, 11) is 1.71. The number of anilines is 1. The fourth-order valence-electron chi connectivity index (χ4n) is 3.63. The standard InChI is InChI=1S/C18H23N7O2S/c1-25-23-17(22-24-25)11-5-4-6-12(9-11)19-15(26)8-3-2-7-14-16-13(10-28-14)20-18(27)21-16/h4-6,9,13-14,16H,2-3,7-8,10H2,1H3,(H,19,26)(H2,20,21,27)/t13-,14-,16-/m0/s1. The van der Waals surface area contributed by atoms with Crippen LogP contribution in [0.3, 0.4) is 0 Å². The highest BCUT2D eigenvalue weighted by atomic mass is 32.2. The molecule has 0 unspecified atom stereocenters. The topological polar surface area (TPSA) is 114 Å². The largest absolute Gasteiger partial charge is 0.332 e. The molecule has 4 rings (SSSR count). The van der Waals surface area contributed by atoms with E-state index in [0.717, 1.165) is 36.3 Å². The minimum Gasteiger partial charge on any atom is -0.332 e. The van der Waals surface area contributed by atoms with Crippen LogP contribution in [0.15, 0.2) is 24.3 Å². The number of nitrogens with zero attached hydrogens (tertiary/aromatic N) is 4. The fraction of sp³-hybridized carbons (Fsp3) is 0.500. The molecule has 10 heteroatoms. The van der Waals surface area contributed by atoms with Crippen LogP contribution in [0.4, 0.5) is 10.5 Å². The normalized spacial score (nSPS) is 23.2. The molecule has 3 N–H and O–H groups in total. The van der Waals surface area contributed by atoms with E-state index >= 15 is 0 Å². The lowest BCUT2D eigenvalue weighted by Crippen LogP contribution is -2.36. The van der Waals surface area contributed by atoms with Crippen molar-refractivity contribution in [1.82, 2.24) is 30.8 Å². The summed E-state index contributed by atoms with van der Waals surface area (Å²) < 4.78 is 0. The number of thioether (sulfide) groups is 1. The molecule has 0 aliphatic carbocycles. The van der Waals surface area contributed by atoms with Gasteiger partial charge in [-0.2, -0.15) is 16.6 Å². The molecule has 3 amide bonds. The fourth-order valence-corrected chi connectivity index (χ4v) is 5.18. The summed E-state index contributed by atoms with van der Waals surface area (Å²) >= 11 is 1.90. The molecule has 3 atom stereocenters. The van der Waals surface area contributed by atoms with Crippen LogP contribution in [0.1, 0.15) is 25.7 Å². The Labute approximate surface area is 167 Å². The second-order valence-corrected chi connectivity index (χ2v) is 8.37. The van der Waals surface area contributed by atoms with Gasteiger partial charge in [0.05, 0.1) is 19.1 Å². The zero-order valence-corrected chi connectivity index (χ0v) is 16.4. The van der Waals surface area contributed by atoms with E-state index in [1.807, 2.05) is 36.0 Å². The van der Waals surface area contributed by atoms with Crippen molar-refractivity contribution in [2.24, 2.45) is 7.05 Å². The zero-order valence-electron chi connectivity index (χ0n) is 15.6. The Kier molecular flexibility index (Phi) is 5.47. The predicted octanol–water partition coefficient (Wildman–Crippen LogP) is 1.54. The van der Waals surface area contributed by atoms with Crippen LogP contribution < -0.4 is 16.0 Å². The first-order chi connectivity index (χ1) is 13.6. The maximum atomic E-state index is 12.3. The van der Waals surface area contributed by atoms with Gasteiger partial charge in [0.25, 0.3) is 0 Å². The number of amides is 3. The molecule has 3 heterocycles. The zero-order chi connectivity index (χ0) is 19.5. The van der Waals surface area contributed by atoms with Gasteiger partial charge in [-0.1, -0.05) is 18.6 Å². The second-order valence-electron chi connectivity index (χ2n) is 7.10. The van der Waals surface area contributed by atoms with Crippen molar-refractivity contribution in [2.45, 2.75) is 43.0 Å². The van der Waals surface area contributed by atoms with E-state index in [9.17, 15) is 9.59 Å². The lowest BCUT2D eigenvalue weighted by molar-refractivity contribution is -0.116. The molecular formula is C18H23N7O2S. The Morgan fingerprint density at radius 3 is 3.07 bits per heavy atom. The van der Waals surface area contributed by atoms with Gasteiger partial charge in [-0.05, 0) is 30.2 Å². The van der Waals surface area contributed by atoms with Gasteiger partial charge in [-0.3, -0.25) is 4.79 Å². The minimum atomic E-state index is -0.0569. The summed E-state index contributed by atoms with van der Waals surface area (Å²) in [5.41, 5.74) is 1.54. The number of aryl methyl sites for hydroxylation is 1. The number of unbranched alkanes of at least 4 members (excludes halogenated alkanes) is 1. The lowest BCUT2D eigenvalue weighted by atomic mass is 10.0. The van der Waals surface area contributed by atoms with E-state index in [4.69, 9.17) is 0 Å². The number of fused-ring (bicyclic) bond motifs is 1. The molecule has 2 aliphatic heterocycles. The number of tetrazole rings is 1. The molecule has 9 nitrogen and oxygen atoms in total. The highest BCUT2D eigenvalue weighted by Gasteiger charge is 2.42. The molecule has 148 valence electrons. The van der Waals surface area contributed by atoms with Crippen LogP contribution in [0.25, 0.3) is 11.4 Å².